The van der Waals surface area contributed by atoms with Crippen molar-refractivity contribution in [1.29, 1.82) is 0 Å². The number of carbonyl (C=O) groups is 3. The molecule has 1 aromatic rings. The van der Waals surface area contributed by atoms with Crippen molar-refractivity contribution >= 4 is 44.0 Å². The van der Waals surface area contributed by atoms with E-state index < -0.39 is 27.7 Å². The van der Waals surface area contributed by atoms with Crippen LogP contribution in [0.1, 0.15) is 59.2 Å². The molecule has 0 aliphatic rings. The molecular formula is C17H25NO7S2. The molecular weight excluding hydrogens is 394 g/mol. The monoisotopic (exact) mass is 419 g/mol. The molecule has 0 unspecified atom stereocenters. The summed E-state index contributed by atoms with van der Waals surface area (Å²) in [6.07, 6.45) is 0.891. The lowest BCUT2D eigenvalue weighted by molar-refractivity contribution is -0.116. The van der Waals surface area contributed by atoms with Gasteiger partial charge in [0.05, 0.1) is 24.0 Å². The first-order valence-electron chi connectivity index (χ1n) is 8.45. The van der Waals surface area contributed by atoms with E-state index in [4.69, 9.17) is 9.47 Å². The van der Waals surface area contributed by atoms with Crippen LogP contribution in [-0.2, 0) is 24.1 Å². The van der Waals surface area contributed by atoms with Crippen LogP contribution in [0.4, 0.5) is 5.00 Å². The minimum absolute atomic E-state index is 0.0297. The molecule has 0 aliphatic heterocycles. The molecule has 0 atom stereocenters. The first-order valence-corrected chi connectivity index (χ1v) is 11.3. The van der Waals surface area contributed by atoms with Crippen molar-refractivity contribution in [1.82, 2.24) is 0 Å². The number of amides is 1. The smallest absolute Gasteiger partial charge is 0.348 e. The fraction of sp³-hybridized carbons (Fsp3) is 0.588. The van der Waals surface area contributed by atoms with Gasteiger partial charge in [0.15, 0.2) is 0 Å². The summed E-state index contributed by atoms with van der Waals surface area (Å²) in [5.41, 5.74) is 0.476. The average Bonchev–Trinajstić information content (AvgIpc) is 2.82. The molecule has 1 N–H and O–H groups in total. The third-order valence-electron chi connectivity index (χ3n) is 3.33. The summed E-state index contributed by atoms with van der Waals surface area (Å²) >= 11 is 0.932. The number of ether oxygens (including phenoxy) is 2. The molecule has 27 heavy (non-hydrogen) atoms. The van der Waals surface area contributed by atoms with E-state index in [2.05, 4.69) is 5.32 Å². The summed E-state index contributed by atoms with van der Waals surface area (Å²) < 4.78 is 32.5. The summed E-state index contributed by atoms with van der Waals surface area (Å²) in [5.74, 6) is -1.80. The third kappa shape index (κ3) is 7.30. The van der Waals surface area contributed by atoms with E-state index in [-0.39, 0.29) is 46.7 Å². The van der Waals surface area contributed by atoms with E-state index in [1.807, 2.05) is 0 Å². The van der Waals surface area contributed by atoms with Gasteiger partial charge in [-0.15, -0.1) is 11.3 Å². The van der Waals surface area contributed by atoms with Gasteiger partial charge in [-0.25, -0.2) is 18.0 Å². The van der Waals surface area contributed by atoms with E-state index >= 15 is 0 Å². The lowest BCUT2D eigenvalue weighted by Gasteiger charge is -2.07. The zero-order valence-electron chi connectivity index (χ0n) is 16.1. The third-order valence-corrected chi connectivity index (χ3v) is 5.54. The van der Waals surface area contributed by atoms with Crippen LogP contribution in [0, 0.1) is 6.92 Å². The van der Waals surface area contributed by atoms with Gasteiger partial charge in [0.2, 0.25) is 5.91 Å². The van der Waals surface area contributed by atoms with Crippen LogP contribution in [0.2, 0.25) is 0 Å². The quantitative estimate of drug-likeness (QED) is 0.612. The second-order valence-electron chi connectivity index (χ2n) is 6.22. The highest BCUT2D eigenvalue weighted by molar-refractivity contribution is 7.90. The number of hydrogen-bond acceptors (Lipinski definition) is 8. The Labute approximate surface area is 163 Å². The fourth-order valence-corrected chi connectivity index (χ4v) is 3.96. The Bertz CT molecular complexity index is 809. The van der Waals surface area contributed by atoms with Crippen molar-refractivity contribution in [2.24, 2.45) is 0 Å². The Morgan fingerprint density at radius 3 is 2.33 bits per heavy atom. The average molecular weight is 420 g/mol. The second kappa shape index (κ2) is 9.84. The Kier molecular flexibility index (Phi) is 8.42. The molecule has 0 radical (unpaired) electrons. The Balaban J connectivity index is 3.07. The van der Waals surface area contributed by atoms with Crippen LogP contribution in [-0.4, -0.2) is 51.0 Å². The van der Waals surface area contributed by atoms with E-state index in [9.17, 15) is 22.8 Å². The molecule has 0 aromatic carbocycles. The van der Waals surface area contributed by atoms with Crippen LogP contribution in [0.15, 0.2) is 0 Å². The van der Waals surface area contributed by atoms with Gasteiger partial charge in [0.1, 0.15) is 19.7 Å². The number of esters is 2. The van der Waals surface area contributed by atoms with Crippen molar-refractivity contribution in [3.63, 3.8) is 0 Å². The largest absolute Gasteiger partial charge is 0.462 e. The van der Waals surface area contributed by atoms with E-state index in [0.717, 1.165) is 17.6 Å². The summed E-state index contributed by atoms with van der Waals surface area (Å²) in [5, 5.41) is 2.77. The summed E-state index contributed by atoms with van der Waals surface area (Å²) in [7, 11) is -3.16. The minimum Gasteiger partial charge on any atom is -0.462 e. The highest BCUT2D eigenvalue weighted by Gasteiger charge is 2.27. The predicted octanol–water partition coefficient (Wildman–Crippen LogP) is 2.56. The van der Waals surface area contributed by atoms with Crippen LogP contribution in [0.3, 0.4) is 0 Å². The first kappa shape index (κ1) is 23.1. The molecule has 8 nitrogen and oxygen atoms in total. The summed E-state index contributed by atoms with van der Waals surface area (Å²) in [6, 6.07) is 0. The topological polar surface area (TPSA) is 116 Å². The lowest BCUT2D eigenvalue weighted by atomic mass is 10.1. The van der Waals surface area contributed by atoms with Gasteiger partial charge in [-0.3, -0.25) is 4.79 Å². The van der Waals surface area contributed by atoms with E-state index in [0.29, 0.717) is 5.56 Å². The molecule has 0 bridgehead atoms. The SMILES string of the molecule is CCOC(=O)c1c(NC(=O)CCCS(C)(=O)=O)sc(C(=O)OC(C)C)c1C. The van der Waals surface area contributed by atoms with Crippen LogP contribution in [0.25, 0.3) is 0 Å². The number of rotatable bonds is 9. The van der Waals surface area contributed by atoms with Crippen molar-refractivity contribution in [3.05, 3.63) is 16.0 Å². The van der Waals surface area contributed by atoms with Crippen molar-refractivity contribution in [2.45, 2.75) is 46.6 Å². The van der Waals surface area contributed by atoms with E-state index in [1.54, 1.807) is 27.7 Å². The molecule has 0 saturated carbocycles. The molecule has 0 aliphatic carbocycles. The second-order valence-corrected chi connectivity index (χ2v) is 9.50. The first-order chi connectivity index (χ1) is 12.5. The fourth-order valence-electron chi connectivity index (χ4n) is 2.20. The number of hydrogen-bond donors (Lipinski definition) is 1. The number of nitrogens with one attached hydrogen (secondary N) is 1. The van der Waals surface area contributed by atoms with Gasteiger partial charge in [0.25, 0.3) is 0 Å². The highest BCUT2D eigenvalue weighted by Crippen LogP contribution is 2.34. The van der Waals surface area contributed by atoms with Crippen LogP contribution >= 0.6 is 11.3 Å². The number of sulfone groups is 1. The molecule has 0 saturated heterocycles. The van der Waals surface area contributed by atoms with Gasteiger partial charge < -0.3 is 14.8 Å². The summed E-state index contributed by atoms with van der Waals surface area (Å²) in [6.45, 7) is 6.78. The maximum atomic E-state index is 12.3. The van der Waals surface area contributed by atoms with Crippen molar-refractivity contribution in [3.8, 4) is 0 Å². The molecule has 1 heterocycles. The standard InChI is InChI=1S/C17H25NO7S2/c1-6-24-16(20)13-11(4)14(17(21)25-10(2)3)26-15(13)18-12(19)8-7-9-27(5,22)23/h10H,6-9H2,1-5H3,(H,18,19). The lowest BCUT2D eigenvalue weighted by Crippen LogP contribution is -2.16. The van der Waals surface area contributed by atoms with Crippen molar-refractivity contribution in [2.75, 3.05) is 23.9 Å². The Hall–Kier alpha value is -1.94. The minimum atomic E-state index is -3.16. The highest BCUT2D eigenvalue weighted by atomic mass is 32.2. The molecule has 1 rings (SSSR count). The van der Waals surface area contributed by atoms with Crippen LogP contribution < -0.4 is 5.32 Å². The van der Waals surface area contributed by atoms with Gasteiger partial charge in [0, 0.05) is 12.7 Å². The Morgan fingerprint density at radius 1 is 1.19 bits per heavy atom. The predicted molar refractivity (Wildman–Crippen MR) is 103 cm³/mol. The molecule has 10 heteroatoms. The van der Waals surface area contributed by atoms with Gasteiger partial charge in [-0.05, 0) is 39.7 Å². The molecule has 1 aromatic heterocycles. The van der Waals surface area contributed by atoms with Crippen LogP contribution in [0.5, 0.6) is 0 Å². The maximum absolute atomic E-state index is 12.3. The number of carbonyl (C=O) groups excluding carboxylic acids is 3. The Morgan fingerprint density at radius 2 is 1.81 bits per heavy atom. The zero-order valence-corrected chi connectivity index (χ0v) is 17.7. The normalized spacial score (nSPS) is 11.3. The van der Waals surface area contributed by atoms with Gasteiger partial charge >= 0.3 is 11.9 Å². The van der Waals surface area contributed by atoms with E-state index in [1.165, 1.54) is 0 Å². The van der Waals surface area contributed by atoms with Gasteiger partial charge in [-0.1, -0.05) is 0 Å². The van der Waals surface area contributed by atoms with Gasteiger partial charge in [-0.2, -0.15) is 0 Å². The molecule has 152 valence electrons. The number of anilines is 1. The molecule has 0 spiro atoms. The molecule has 0 fully saturated rings. The number of thiophene rings is 1. The maximum Gasteiger partial charge on any atom is 0.348 e. The van der Waals surface area contributed by atoms with Crippen molar-refractivity contribution < 1.29 is 32.3 Å². The molecule has 1 amide bonds. The zero-order chi connectivity index (χ0) is 20.8. The summed E-state index contributed by atoms with van der Waals surface area (Å²) in [4.78, 5) is 36.9.